The van der Waals surface area contributed by atoms with Gasteiger partial charge >= 0.3 is 0 Å². The number of aryl methyl sites for hydroxylation is 1. The molecule has 2 rings (SSSR count). The number of carbonyl (C=O) groups excluding carboxylic acids is 1. The summed E-state index contributed by atoms with van der Waals surface area (Å²) in [5.74, 6) is -0.366. The van der Waals surface area contributed by atoms with Crippen molar-refractivity contribution in [3.63, 3.8) is 0 Å². The molecular formula is C16H15Cl2NO3. The molecule has 0 aliphatic carbocycles. The topological polar surface area (TPSA) is 69.6 Å². The molecule has 0 saturated heterocycles. The minimum atomic E-state index is -0.952. The summed E-state index contributed by atoms with van der Waals surface area (Å²) in [6.45, 7) is 1.77. The van der Waals surface area contributed by atoms with Crippen LogP contribution in [0, 0.1) is 6.92 Å². The summed E-state index contributed by atoms with van der Waals surface area (Å²) in [4.78, 5) is 12.0. The number of nitrogens with one attached hydrogen (secondary N) is 1. The van der Waals surface area contributed by atoms with Crippen LogP contribution in [0.1, 0.15) is 27.6 Å². The summed E-state index contributed by atoms with van der Waals surface area (Å²) in [5.41, 5.74) is 1.58. The highest BCUT2D eigenvalue weighted by molar-refractivity contribution is 6.35. The zero-order valence-electron chi connectivity index (χ0n) is 11.8. The van der Waals surface area contributed by atoms with Gasteiger partial charge in [-0.3, -0.25) is 4.79 Å². The highest BCUT2D eigenvalue weighted by Gasteiger charge is 2.14. The van der Waals surface area contributed by atoms with Gasteiger partial charge in [-0.25, -0.2) is 0 Å². The summed E-state index contributed by atoms with van der Waals surface area (Å²) < 4.78 is 0. The zero-order chi connectivity index (χ0) is 16.3. The minimum Gasteiger partial charge on any atom is -0.508 e. The maximum absolute atomic E-state index is 12.0. The van der Waals surface area contributed by atoms with Crippen LogP contribution in [-0.4, -0.2) is 22.7 Å². The first-order valence-corrected chi connectivity index (χ1v) is 7.34. The maximum atomic E-state index is 12.0. The van der Waals surface area contributed by atoms with Gasteiger partial charge in [0.15, 0.2) is 0 Å². The molecule has 0 bridgehead atoms. The largest absolute Gasteiger partial charge is 0.508 e. The van der Waals surface area contributed by atoms with Crippen LogP contribution in [0.5, 0.6) is 5.75 Å². The number of aromatic hydroxyl groups is 1. The van der Waals surface area contributed by atoms with Gasteiger partial charge in [0.1, 0.15) is 5.75 Å². The normalized spacial score (nSPS) is 12.0. The van der Waals surface area contributed by atoms with Crippen LogP contribution in [0.15, 0.2) is 36.4 Å². The van der Waals surface area contributed by atoms with Crippen LogP contribution < -0.4 is 5.32 Å². The third-order valence-electron chi connectivity index (χ3n) is 3.10. The van der Waals surface area contributed by atoms with Crippen molar-refractivity contribution in [2.45, 2.75) is 13.0 Å². The Morgan fingerprint density at radius 2 is 1.95 bits per heavy atom. The molecule has 22 heavy (non-hydrogen) atoms. The van der Waals surface area contributed by atoms with E-state index in [2.05, 4.69) is 5.32 Å². The number of hydrogen-bond donors (Lipinski definition) is 3. The van der Waals surface area contributed by atoms with Crippen molar-refractivity contribution in [3.8, 4) is 5.75 Å². The van der Waals surface area contributed by atoms with E-state index in [9.17, 15) is 15.0 Å². The van der Waals surface area contributed by atoms with E-state index >= 15 is 0 Å². The summed E-state index contributed by atoms with van der Waals surface area (Å²) in [6, 6.07) is 9.33. The number of amides is 1. The van der Waals surface area contributed by atoms with E-state index < -0.39 is 6.10 Å². The van der Waals surface area contributed by atoms with E-state index in [1.165, 1.54) is 12.1 Å². The molecule has 0 spiro atoms. The van der Waals surface area contributed by atoms with Gasteiger partial charge in [0.25, 0.3) is 5.91 Å². The van der Waals surface area contributed by atoms with Gasteiger partial charge in [-0.2, -0.15) is 0 Å². The Hall–Kier alpha value is -1.75. The lowest BCUT2D eigenvalue weighted by molar-refractivity contribution is 0.0916. The lowest BCUT2D eigenvalue weighted by Gasteiger charge is -2.14. The van der Waals surface area contributed by atoms with Gasteiger partial charge in [-0.1, -0.05) is 29.3 Å². The molecule has 1 atom stereocenters. The number of phenolic OH excluding ortho intramolecular Hbond substituents is 1. The van der Waals surface area contributed by atoms with Crippen molar-refractivity contribution >= 4 is 29.1 Å². The average molecular weight is 340 g/mol. The number of halogens is 2. The van der Waals surface area contributed by atoms with E-state index in [1.807, 2.05) is 0 Å². The number of aliphatic hydroxyl groups is 1. The second-order valence-electron chi connectivity index (χ2n) is 4.95. The molecule has 3 N–H and O–H groups in total. The molecule has 0 radical (unpaired) electrons. The predicted molar refractivity (Wildman–Crippen MR) is 86.6 cm³/mol. The number of aliphatic hydroxyl groups excluding tert-OH is 1. The van der Waals surface area contributed by atoms with E-state index in [-0.39, 0.29) is 18.2 Å². The van der Waals surface area contributed by atoms with Gasteiger partial charge in [0.05, 0.1) is 6.10 Å². The second kappa shape index (κ2) is 7.01. The Morgan fingerprint density at radius 3 is 2.59 bits per heavy atom. The molecule has 2 aromatic rings. The molecule has 1 amide bonds. The second-order valence-corrected chi connectivity index (χ2v) is 5.79. The minimum absolute atomic E-state index is 0.00507. The highest BCUT2D eigenvalue weighted by Crippen LogP contribution is 2.26. The summed E-state index contributed by atoms with van der Waals surface area (Å²) in [7, 11) is 0. The number of benzene rings is 2. The molecule has 0 heterocycles. The van der Waals surface area contributed by atoms with Crippen molar-refractivity contribution in [1.29, 1.82) is 0 Å². The molecule has 116 valence electrons. The SMILES string of the molecule is Cc1cc(O)cc(C(=O)NCC(O)c2ccc(Cl)cc2Cl)c1. The predicted octanol–water partition coefficient (Wildman–Crippen LogP) is 3.47. The Kier molecular flexibility index (Phi) is 5.29. The van der Waals surface area contributed by atoms with Crippen molar-refractivity contribution in [1.82, 2.24) is 5.32 Å². The van der Waals surface area contributed by atoms with E-state index in [0.29, 0.717) is 21.2 Å². The van der Waals surface area contributed by atoms with Gasteiger partial charge in [0.2, 0.25) is 0 Å². The fraction of sp³-hybridized carbons (Fsp3) is 0.188. The molecule has 0 fully saturated rings. The summed E-state index contributed by atoms with van der Waals surface area (Å²) in [6.07, 6.45) is -0.952. The fourth-order valence-electron chi connectivity index (χ4n) is 2.07. The summed E-state index contributed by atoms with van der Waals surface area (Å²) >= 11 is 11.8. The van der Waals surface area contributed by atoms with E-state index in [1.54, 1.807) is 31.2 Å². The lowest BCUT2D eigenvalue weighted by Crippen LogP contribution is -2.28. The quantitative estimate of drug-likeness (QED) is 0.798. The first-order chi connectivity index (χ1) is 10.4. The van der Waals surface area contributed by atoms with Crippen molar-refractivity contribution in [2.24, 2.45) is 0 Å². The average Bonchev–Trinajstić information content (AvgIpc) is 2.43. The monoisotopic (exact) mass is 339 g/mol. The van der Waals surface area contributed by atoms with Gasteiger partial charge < -0.3 is 15.5 Å². The number of carbonyl (C=O) groups is 1. The molecule has 6 heteroatoms. The zero-order valence-corrected chi connectivity index (χ0v) is 13.3. The van der Waals surface area contributed by atoms with Gasteiger partial charge in [0, 0.05) is 27.7 Å². The van der Waals surface area contributed by atoms with Crippen LogP contribution in [0.2, 0.25) is 10.0 Å². The highest BCUT2D eigenvalue weighted by atomic mass is 35.5. The Morgan fingerprint density at radius 1 is 1.23 bits per heavy atom. The number of rotatable bonds is 4. The Balaban J connectivity index is 2.04. The maximum Gasteiger partial charge on any atom is 0.251 e. The van der Waals surface area contributed by atoms with Crippen LogP contribution in [0.3, 0.4) is 0 Å². The van der Waals surface area contributed by atoms with E-state index in [0.717, 1.165) is 5.56 Å². The van der Waals surface area contributed by atoms with Gasteiger partial charge in [-0.15, -0.1) is 0 Å². The Bertz CT molecular complexity index is 684. The fourth-order valence-corrected chi connectivity index (χ4v) is 2.60. The summed E-state index contributed by atoms with van der Waals surface area (Å²) in [5, 5.41) is 23.0. The molecule has 0 saturated carbocycles. The van der Waals surface area contributed by atoms with Crippen LogP contribution in [0.4, 0.5) is 0 Å². The van der Waals surface area contributed by atoms with Crippen LogP contribution in [-0.2, 0) is 0 Å². The lowest BCUT2D eigenvalue weighted by atomic mass is 10.1. The molecule has 0 aliphatic heterocycles. The molecule has 1 unspecified atom stereocenters. The standard InChI is InChI=1S/C16H15Cl2NO3/c1-9-4-10(6-12(20)5-9)16(22)19-8-15(21)13-3-2-11(17)7-14(13)18/h2-7,15,20-21H,8H2,1H3,(H,19,22). The van der Waals surface area contributed by atoms with Gasteiger partial charge in [-0.05, 0) is 42.8 Å². The molecule has 0 aromatic heterocycles. The number of hydrogen-bond acceptors (Lipinski definition) is 3. The van der Waals surface area contributed by atoms with Crippen LogP contribution >= 0.6 is 23.2 Å². The van der Waals surface area contributed by atoms with Crippen LogP contribution in [0.25, 0.3) is 0 Å². The van der Waals surface area contributed by atoms with Crippen molar-refractivity contribution in [3.05, 3.63) is 63.1 Å². The molecule has 4 nitrogen and oxygen atoms in total. The first kappa shape index (κ1) is 16.6. The molecule has 0 aliphatic rings. The molecule has 2 aromatic carbocycles. The van der Waals surface area contributed by atoms with E-state index in [4.69, 9.17) is 23.2 Å². The first-order valence-electron chi connectivity index (χ1n) is 6.58. The third-order valence-corrected chi connectivity index (χ3v) is 3.66. The molecular weight excluding hydrogens is 325 g/mol. The smallest absolute Gasteiger partial charge is 0.251 e. The van der Waals surface area contributed by atoms with Crippen molar-refractivity contribution < 1.29 is 15.0 Å². The number of phenols is 1. The van der Waals surface area contributed by atoms with Crippen molar-refractivity contribution in [2.75, 3.05) is 6.54 Å². The third kappa shape index (κ3) is 4.13. The Labute approximate surface area is 138 Å².